The van der Waals surface area contributed by atoms with E-state index in [4.69, 9.17) is 9.47 Å². The van der Waals surface area contributed by atoms with Gasteiger partial charge < -0.3 is 9.47 Å². The predicted molar refractivity (Wildman–Crippen MR) is 98.0 cm³/mol. The second-order valence-corrected chi connectivity index (χ2v) is 5.79. The van der Waals surface area contributed by atoms with E-state index in [1.807, 2.05) is 19.1 Å². The zero-order valence-corrected chi connectivity index (χ0v) is 15.2. The maximum atomic E-state index is 11.9. The van der Waals surface area contributed by atoms with Crippen LogP contribution in [0.4, 0.5) is 0 Å². The fraction of sp³-hybridized carbons (Fsp3) is 0.222. The van der Waals surface area contributed by atoms with E-state index in [1.165, 1.54) is 0 Å². The Kier molecular flexibility index (Phi) is 6.81. The molecule has 1 N–H and O–H groups in total. The summed E-state index contributed by atoms with van der Waals surface area (Å²) in [5.74, 6) is 1.01. The van der Waals surface area contributed by atoms with Crippen molar-refractivity contribution in [1.29, 1.82) is 0 Å². The van der Waals surface area contributed by atoms with Crippen molar-refractivity contribution < 1.29 is 14.3 Å². The zero-order valence-electron chi connectivity index (χ0n) is 13.6. The number of nitrogens with zero attached hydrogens (tertiary/aromatic N) is 1. The van der Waals surface area contributed by atoms with Crippen LogP contribution in [0, 0.1) is 0 Å². The third-order valence-electron chi connectivity index (χ3n) is 3.15. The minimum absolute atomic E-state index is 0.266. The summed E-state index contributed by atoms with van der Waals surface area (Å²) in [6.07, 6.45) is 2.46. The highest BCUT2D eigenvalue weighted by Gasteiger charge is 2.09. The molecule has 0 fully saturated rings. The Bertz CT molecular complexity index is 718. The Labute approximate surface area is 149 Å². The van der Waals surface area contributed by atoms with Gasteiger partial charge in [0.2, 0.25) is 0 Å². The van der Waals surface area contributed by atoms with Gasteiger partial charge in [-0.15, -0.1) is 0 Å². The summed E-state index contributed by atoms with van der Waals surface area (Å²) in [7, 11) is 1.58. The first-order chi connectivity index (χ1) is 11.7. The average molecular weight is 391 g/mol. The lowest BCUT2D eigenvalue weighted by Crippen LogP contribution is -2.17. The summed E-state index contributed by atoms with van der Waals surface area (Å²) in [6.45, 7) is 2.65. The average Bonchev–Trinajstić information content (AvgIpc) is 2.62. The molecular formula is C18H19BrN2O3. The second-order valence-electron chi connectivity index (χ2n) is 4.94. The molecule has 2 rings (SSSR count). The molecule has 126 valence electrons. The first-order valence-corrected chi connectivity index (χ1v) is 8.33. The van der Waals surface area contributed by atoms with E-state index in [0.29, 0.717) is 23.7 Å². The number of rotatable bonds is 7. The van der Waals surface area contributed by atoms with E-state index in [0.717, 1.165) is 16.5 Å². The molecule has 0 spiro atoms. The molecule has 24 heavy (non-hydrogen) atoms. The Balaban J connectivity index is 2.10. The lowest BCUT2D eigenvalue weighted by molar-refractivity contribution is 0.0955. The molecule has 6 heteroatoms. The van der Waals surface area contributed by atoms with Crippen LogP contribution in [0.25, 0.3) is 0 Å². The smallest absolute Gasteiger partial charge is 0.271 e. The van der Waals surface area contributed by atoms with Gasteiger partial charge in [0.15, 0.2) is 11.5 Å². The van der Waals surface area contributed by atoms with Crippen molar-refractivity contribution in [2.24, 2.45) is 5.10 Å². The van der Waals surface area contributed by atoms with Crippen LogP contribution in [-0.2, 0) is 0 Å². The fourth-order valence-corrected chi connectivity index (χ4v) is 2.37. The molecule has 0 aliphatic carbocycles. The fourth-order valence-electron chi connectivity index (χ4n) is 1.95. The molecule has 0 heterocycles. The van der Waals surface area contributed by atoms with Gasteiger partial charge in [-0.1, -0.05) is 25.1 Å². The molecule has 0 aliphatic heterocycles. The number of nitrogens with one attached hydrogen (secondary N) is 1. The molecule has 0 saturated carbocycles. The van der Waals surface area contributed by atoms with E-state index in [-0.39, 0.29) is 5.91 Å². The minimum atomic E-state index is -0.266. The number of benzene rings is 2. The molecule has 5 nitrogen and oxygen atoms in total. The Morgan fingerprint density at radius 1 is 1.25 bits per heavy atom. The van der Waals surface area contributed by atoms with E-state index >= 15 is 0 Å². The van der Waals surface area contributed by atoms with Crippen LogP contribution in [-0.4, -0.2) is 25.8 Å². The highest BCUT2D eigenvalue weighted by atomic mass is 79.9. The van der Waals surface area contributed by atoms with Gasteiger partial charge in [0.05, 0.1) is 19.9 Å². The van der Waals surface area contributed by atoms with Crippen LogP contribution >= 0.6 is 15.9 Å². The van der Waals surface area contributed by atoms with Crippen LogP contribution in [0.15, 0.2) is 52.0 Å². The zero-order chi connectivity index (χ0) is 17.4. The largest absolute Gasteiger partial charge is 0.493 e. The maximum Gasteiger partial charge on any atom is 0.271 e. The summed E-state index contributed by atoms with van der Waals surface area (Å²) in [5, 5.41) is 4.00. The Morgan fingerprint density at radius 2 is 2.00 bits per heavy atom. The molecule has 0 saturated heterocycles. The van der Waals surface area contributed by atoms with Gasteiger partial charge in [0.1, 0.15) is 0 Å². The number of hydrogen-bond acceptors (Lipinski definition) is 4. The summed E-state index contributed by atoms with van der Waals surface area (Å²) in [4.78, 5) is 11.9. The Morgan fingerprint density at radius 3 is 2.67 bits per heavy atom. The number of carbonyl (C=O) groups excluding carboxylic acids is 1. The van der Waals surface area contributed by atoms with Crippen molar-refractivity contribution in [3.05, 3.63) is 58.1 Å². The van der Waals surface area contributed by atoms with Crippen molar-refractivity contribution in [2.45, 2.75) is 13.3 Å². The number of carbonyl (C=O) groups is 1. The summed E-state index contributed by atoms with van der Waals surface area (Å²) >= 11 is 3.48. The lowest BCUT2D eigenvalue weighted by atomic mass is 10.2. The quantitative estimate of drug-likeness (QED) is 0.573. The second kappa shape index (κ2) is 9.08. The number of halogens is 1. The molecule has 0 unspecified atom stereocenters. The van der Waals surface area contributed by atoms with Crippen LogP contribution in [0.3, 0.4) is 0 Å². The van der Waals surface area contributed by atoms with Gasteiger partial charge in [0.25, 0.3) is 5.91 Å². The SMILES string of the molecule is CCCOc1cc(Br)c(/C=N/NC(=O)c2ccccc2)cc1OC. The first kappa shape index (κ1) is 18.0. The van der Waals surface area contributed by atoms with Crippen LogP contribution in [0.1, 0.15) is 29.3 Å². The highest BCUT2D eigenvalue weighted by Crippen LogP contribution is 2.33. The highest BCUT2D eigenvalue weighted by molar-refractivity contribution is 9.10. The number of methoxy groups -OCH3 is 1. The van der Waals surface area contributed by atoms with E-state index in [9.17, 15) is 4.79 Å². The number of ether oxygens (including phenoxy) is 2. The summed E-state index contributed by atoms with van der Waals surface area (Å²) < 4.78 is 11.8. The third-order valence-corrected chi connectivity index (χ3v) is 3.84. The van der Waals surface area contributed by atoms with Crippen LogP contribution < -0.4 is 14.9 Å². The third kappa shape index (κ3) is 4.83. The van der Waals surface area contributed by atoms with Crippen molar-refractivity contribution >= 4 is 28.1 Å². The number of amides is 1. The van der Waals surface area contributed by atoms with Crippen molar-refractivity contribution in [2.75, 3.05) is 13.7 Å². The van der Waals surface area contributed by atoms with Crippen molar-refractivity contribution in [3.8, 4) is 11.5 Å². The van der Waals surface area contributed by atoms with Crippen LogP contribution in [0.2, 0.25) is 0 Å². The van der Waals surface area contributed by atoms with E-state index in [2.05, 4.69) is 26.5 Å². The van der Waals surface area contributed by atoms with Gasteiger partial charge in [-0.25, -0.2) is 5.43 Å². The van der Waals surface area contributed by atoms with Gasteiger partial charge in [-0.05, 0) is 46.6 Å². The molecule has 0 bridgehead atoms. The van der Waals surface area contributed by atoms with Gasteiger partial charge >= 0.3 is 0 Å². The number of hydrogen-bond donors (Lipinski definition) is 1. The minimum Gasteiger partial charge on any atom is -0.493 e. The maximum absolute atomic E-state index is 11.9. The molecule has 0 radical (unpaired) electrons. The van der Waals surface area contributed by atoms with Crippen molar-refractivity contribution in [1.82, 2.24) is 5.43 Å². The molecule has 0 atom stereocenters. The number of hydrazone groups is 1. The molecular weight excluding hydrogens is 372 g/mol. The lowest BCUT2D eigenvalue weighted by Gasteiger charge is -2.12. The standard InChI is InChI=1S/C18H19BrN2O3/c1-3-9-24-17-11-15(19)14(10-16(17)23-2)12-20-21-18(22)13-7-5-4-6-8-13/h4-8,10-12H,3,9H2,1-2H3,(H,21,22)/b20-12+. The van der Waals surface area contributed by atoms with Gasteiger partial charge in [-0.2, -0.15) is 5.10 Å². The molecule has 0 aliphatic rings. The van der Waals surface area contributed by atoms with E-state index in [1.54, 1.807) is 43.7 Å². The van der Waals surface area contributed by atoms with Gasteiger partial charge in [0, 0.05) is 15.6 Å². The first-order valence-electron chi connectivity index (χ1n) is 7.54. The monoisotopic (exact) mass is 390 g/mol. The summed E-state index contributed by atoms with van der Waals surface area (Å²) in [5.41, 5.74) is 3.82. The molecule has 0 aromatic heterocycles. The molecule has 2 aromatic rings. The van der Waals surface area contributed by atoms with Crippen molar-refractivity contribution in [3.63, 3.8) is 0 Å². The molecule has 1 amide bonds. The molecule has 2 aromatic carbocycles. The summed E-state index contributed by atoms with van der Waals surface area (Å²) in [6, 6.07) is 12.5. The normalized spacial score (nSPS) is 10.6. The van der Waals surface area contributed by atoms with E-state index < -0.39 is 0 Å². The van der Waals surface area contributed by atoms with Crippen LogP contribution in [0.5, 0.6) is 11.5 Å². The Hall–Kier alpha value is -2.34. The van der Waals surface area contributed by atoms with Gasteiger partial charge in [-0.3, -0.25) is 4.79 Å². The predicted octanol–water partition coefficient (Wildman–Crippen LogP) is 4.01. The topological polar surface area (TPSA) is 59.9 Å².